The molecular formula is C47H34N2. The summed E-state index contributed by atoms with van der Waals surface area (Å²) < 4.78 is 171. The molecule has 0 radical (unpaired) electrons. The Morgan fingerprint density at radius 3 is 1.80 bits per heavy atom. The number of rotatable bonds is 5. The molecule has 7 aromatic carbocycles. The van der Waals surface area contributed by atoms with Crippen molar-refractivity contribution in [2.45, 2.75) is 19.1 Å². The minimum atomic E-state index is -3.73. The van der Waals surface area contributed by atoms with Crippen LogP contribution in [0.25, 0.3) is 78.1 Å². The summed E-state index contributed by atoms with van der Waals surface area (Å²) in [6, 6.07) is 15.7. The van der Waals surface area contributed by atoms with E-state index < -0.39 is 142 Å². The fraction of sp³-hybridized carbons (Fsp3) is 0.0638. The SMILES string of the molecule is [2H]c1c([2H])c([2H])c2c(c1[2H])-c1c([2H])c([2H])c(-c3c([2H])c([2H])c(-c4cc(-c5ccc(-c6ccccc6)cc5)nc(-c5ccccc5)n4)c4c([2H])c([2H])c([2H])c([2H])c34)c([2H])c1C2(C([2H])([2H])[2H])C([2H])([2H])[2H]. The first-order chi connectivity index (χ1) is 32.0. The molecule has 232 valence electrons. The molecule has 9 rings (SSSR count). The fourth-order valence-corrected chi connectivity index (χ4v) is 6.13. The number of hydrogen-bond acceptors (Lipinski definition) is 2. The molecule has 0 atom stereocenters. The molecular weight excluding hydrogens is 593 g/mol. The monoisotopic (exact) mass is 645 g/mol. The van der Waals surface area contributed by atoms with Gasteiger partial charge in [0.05, 0.1) is 29.2 Å². The van der Waals surface area contributed by atoms with Crippen LogP contribution in [0.3, 0.4) is 0 Å². The third-order valence-electron chi connectivity index (χ3n) is 8.55. The van der Waals surface area contributed by atoms with Gasteiger partial charge in [0.15, 0.2) is 5.82 Å². The van der Waals surface area contributed by atoms with Crippen molar-refractivity contribution in [1.29, 1.82) is 0 Å². The second-order valence-corrected chi connectivity index (χ2v) is 11.5. The topological polar surface area (TPSA) is 25.8 Å². The first-order valence-corrected chi connectivity index (χ1v) is 15.4. The van der Waals surface area contributed by atoms with E-state index in [1.54, 1.807) is 30.3 Å². The van der Waals surface area contributed by atoms with Gasteiger partial charge in [0.25, 0.3) is 0 Å². The lowest BCUT2D eigenvalue weighted by molar-refractivity contribution is 0.660. The van der Waals surface area contributed by atoms with Crippen LogP contribution in [0.1, 0.15) is 50.9 Å². The van der Waals surface area contributed by atoms with E-state index in [0.29, 0.717) is 16.8 Å². The van der Waals surface area contributed by atoms with Gasteiger partial charge in [0.1, 0.15) is 0 Å². The maximum atomic E-state index is 9.76. The van der Waals surface area contributed by atoms with Crippen LogP contribution in [0.2, 0.25) is 0 Å². The normalized spacial score (nSPS) is 18.9. The van der Waals surface area contributed by atoms with Crippen molar-refractivity contribution in [3.8, 4) is 67.3 Å². The molecule has 0 bridgehead atoms. The summed E-state index contributed by atoms with van der Waals surface area (Å²) in [4.78, 5) is 9.65. The van der Waals surface area contributed by atoms with E-state index in [2.05, 4.69) is 0 Å². The molecule has 0 spiro atoms. The average Bonchev–Trinajstić information content (AvgIpc) is 3.67. The van der Waals surface area contributed by atoms with Gasteiger partial charge >= 0.3 is 0 Å². The van der Waals surface area contributed by atoms with Crippen LogP contribution in [0, 0.1) is 0 Å². The summed E-state index contributed by atoms with van der Waals surface area (Å²) in [6.07, 6.45) is 0. The first kappa shape index (κ1) is 15.4. The number of benzene rings is 7. The van der Waals surface area contributed by atoms with E-state index in [4.69, 9.17) is 26.4 Å². The zero-order valence-corrected chi connectivity index (χ0v) is 25.6. The third kappa shape index (κ3) is 4.96. The molecule has 1 aliphatic carbocycles. The molecule has 2 nitrogen and oxygen atoms in total. The van der Waals surface area contributed by atoms with Crippen LogP contribution >= 0.6 is 0 Å². The molecule has 0 N–H and O–H groups in total. The van der Waals surface area contributed by atoms with Gasteiger partial charge in [-0.15, -0.1) is 0 Å². The first-order valence-electron chi connectivity index (χ1n) is 24.9. The molecule has 0 amide bonds. The minimum absolute atomic E-state index is 0.0592. The lowest BCUT2D eigenvalue weighted by atomic mass is 9.81. The second-order valence-electron chi connectivity index (χ2n) is 11.5. The highest BCUT2D eigenvalue weighted by Crippen LogP contribution is 2.50. The molecule has 1 aliphatic rings. The van der Waals surface area contributed by atoms with Gasteiger partial charge in [0.2, 0.25) is 0 Å². The zero-order chi connectivity index (χ0) is 49.3. The van der Waals surface area contributed by atoms with E-state index in [1.165, 1.54) is 6.07 Å². The number of fused-ring (bicyclic) bond motifs is 4. The lowest BCUT2D eigenvalue weighted by Gasteiger charge is -2.22. The van der Waals surface area contributed by atoms with Crippen LogP contribution in [-0.2, 0) is 5.41 Å². The zero-order valence-electron chi connectivity index (χ0n) is 44.6. The predicted molar refractivity (Wildman–Crippen MR) is 204 cm³/mol. The van der Waals surface area contributed by atoms with E-state index in [9.17, 15) is 9.60 Å². The Bertz CT molecular complexity index is 3430. The van der Waals surface area contributed by atoms with Gasteiger partial charge in [-0.2, -0.15) is 0 Å². The second kappa shape index (κ2) is 11.5. The Kier molecular flexibility index (Phi) is 3.63. The lowest BCUT2D eigenvalue weighted by Crippen LogP contribution is -2.14. The Labute approximate surface area is 314 Å². The van der Waals surface area contributed by atoms with Gasteiger partial charge in [0, 0.05) is 30.3 Å². The van der Waals surface area contributed by atoms with Gasteiger partial charge in [-0.1, -0.05) is 171 Å². The summed E-state index contributed by atoms with van der Waals surface area (Å²) in [5.41, 5.74) is -5.30. The smallest absolute Gasteiger partial charge is 0.160 e. The standard InChI is InChI=1S/C47H34N2/c1-47(2)42-20-12-11-19-39(42)40-26-25-35(29-43(40)47)36-27-28-41(38-18-10-9-17-37(36)38)45-30-44(48-46(49-45)34-15-7-4-8-16-34)33-23-21-32(22-24-33)31-13-5-3-6-14-31/h3-30H,1-2H3/i1D3,2D3,9D,10D,11D,12D,17D,18D,19D,20D,25D,26D,27D,28D,29D. The summed E-state index contributed by atoms with van der Waals surface area (Å²) in [6.45, 7) is -7.47. The van der Waals surface area contributed by atoms with Crippen molar-refractivity contribution in [2.75, 3.05) is 0 Å². The van der Waals surface area contributed by atoms with E-state index in [-0.39, 0.29) is 17.1 Å². The fourth-order valence-electron chi connectivity index (χ4n) is 6.13. The quantitative estimate of drug-likeness (QED) is 0.186. The molecule has 2 heteroatoms. The van der Waals surface area contributed by atoms with Crippen molar-refractivity contribution in [3.63, 3.8) is 0 Å². The Morgan fingerprint density at radius 1 is 0.469 bits per heavy atom. The maximum Gasteiger partial charge on any atom is 0.160 e. The highest BCUT2D eigenvalue weighted by Gasteiger charge is 2.35. The van der Waals surface area contributed by atoms with Crippen LogP contribution in [0.15, 0.2) is 170 Å². The molecule has 0 aliphatic heterocycles. The number of nitrogens with zero attached hydrogens (tertiary/aromatic N) is 2. The molecule has 1 heterocycles. The van der Waals surface area contributed by atoms with Crippen molar-refractivity contribution in [2.24, 2.45) is 0 Å². The number of hydrogen-bond donors (Lipinski definition) is 0. The van der Waals surface area contributed by atoms with Gasteiger partial charge in [-0.3, -0.25) is 0 Å². The Hall–Kier alpha value is -6.12. The molecule has 0 saturated carbocycles. The molecule has 8 aromatic rings. The van der Waals surface area contributed by atoms with E-state index >= 15 is 0 Å². The average molecular weight is 646 g/mol. The highest BCUT2D eigenvalue weighted by molar-refractivity contribution is 6.05. The molecule has 1 aromatic heterocycles. The van der Waals surface area contributed by atoms with Gasteiger partial charge in [-0.05, 0) is 67.4 Å². The summed E-state index contributed by atoms with van der Waals surface area (Å²) in [7, 11) is 0. The molecule has 0 unspecified atom stereocenters. The van der Waals surface area contributed by atoms with Crippen molar-refractivity contribution < 1.29 is 26.0 Å². The van der Waals surface area contributed by atoms with Crippen LogP contribution in [0.5, 0.6) is 0 Å². The molecule has 0 fully saturated rings. The van der Waals surface area contributed by atoms with Gasteiger partial charge < -0.3 is 0 Å². The van der Waals surface area contributed by atoms with E-state index in [0.717, 1.165) is 11.1 Å². The van der Waals surface area contributed by atoms with Crippen LogP contribution < -0.4 is 0 Å². The number of aromatic nitrogens is 2. The summed E-state index contributed by atoms with van der Waals surface area (Å²) >= 11 is 0. The maximum absolute atomic E-state index is 9.76. The third-order valence-corrected chi connectivity index (χ3v) is 8.55. The minimum Gasteiger partial charge on any atom is -0.228 e. The largest absolute Gasteiger partial charge is 0.228 e. The Morgan fingerprint density at radius 2 is 1.04 bits per heavy atom. The van der Waals surface area contributed by atoms with Crippen molar-refractivity contribution >= 4 is 10.8 Å². The summed E-state index contributed by atoms with van der Waals surface area (Å²) in [5.74, 6) is 0.146. The van der Waals surface area contributed by atoms with Crippen molar-refractivity contribution in [1.82, 2.24) is 9.97 Å². The van der Waals surface area contributed by atoms with E-state index in [1.807, 2.05) is 54.6 Å². The van der Waals surface area contributed by atoms with Crippen molar-refractivity contribution in [3.05, 3.63) is 181 Å². The van der Waals surface area contributed by atoms with Crippen LogP contribution in [-0.4, -0.2) is 9.97 Å². The molecule has 0 saturated heterocycles. The molecule has 49 heavy (non-hydrogen) atoms. The highest BCUT2D eigenvalue weighted by atomic mass is 14.9. The van der Waals surface area contributed by atoms with Crippen LogP contribution in [0.4, 0.5) is 0 Å². The van der Waals surface area contributed by atoms with Gasteiger partial charge in [-0.25, -0.2) is 9.97 Å². The predicted octanol–water partition coefficient (Wildman–Crippen LogP) is 12.3. The Balaban J connectivity index is 1.41. The summed E-state index contributed by atoms with van der Waals surface area (Å²) in [5, 5.41) is -0.934.